The topological polar surface area (TPSA) is 198 Å². The molecule has 0 bridgehead atoms. The molecule has 0 aliphatic heterocycles. The summed E-state index contributed by atoms with van der Waals surface area (Å²) < 4.78 is 0.339. The van der Waals surface area contributed by atoms with Crippen LogP contribution in [-0.2, 0) is 25.6 Å². The first-order valence-electron chi connectivity index (χ1n) is 10.3. The molecule has 0 heterocycles. The van der Waals surface area contributed by atoms with Gasteiger partial charge in [-0.1, -0.05) is 0 Å². The summed E-state index contributed by atoms with van der Waals surface area (Å²) in [5.41, 5.74) is 1.63. The van der Waals surface area contributed by atoms with Gasteiger partial charge in [-0.15, -0.1) is 0 Å². The van der Waals surface area contributed by atoms with E-state index in [9.17, 15) is 44.3 Å². The number of hydrogen-bond donors (Lipinski definition) is 3. The van der Waals surface area contributed by atoms with Crippen LogP contribution in [0.1, 0.15) is 22.3 Å². The minimum absolute atomic E-state index is 0.0513. The zero-order valence-corrected chi connectivity index (χ0v) is 20.1. The predicted molar refractivity (Wildman–Crippen MR) is 121 cm³/mol. The Morgan fingerprint density at radius 2 is 1.88 bits per heavy atom. The van der Waals surface area contributed by atoms with Gasteiger partial charge < -0.3 is 15.9 Å². The van der Waals surface area contributed by atoms with Crippen LogP contribution in [0, 0.1) is 37.4 Å². The Bertz CT molecular complexity index is 1210. The second-order valence-corrected chi connectivity index (χ2v) is 10.3. The Hall–Kier alpha value is -2.78. The Kier molecular flexibility index (Phi) is 5.64. The van der Waals surface area contributed by atoms with Crippen LogP contribution >= 0.6 is 22.6 Å². The minimum atomic E-state index is -2.83. The lowest BCUT2D eigenvalue weighted by atomic mass is 9.52. The third-order valence-corrected chi connectivity index (χ3v) is 8.15. The monoisotopic (exact) mass is 585 g/mol. The van der Waals surface area contributed by atoms with Gasteiger partial charge in [-0.25, -0.2) is 0 Å². The molecule has 180 valence electrons. The number of nitrogens with zero attached hydrogens (tertiary/aromatic N) is 2. The fourth-order valence-electron chi connectivity index (χ4n) is 5.75. The van der Waals surface area contributed by atoms with Crippen molar-refractivity contribution in [2.24, 2.45) is 29.4 Å². The van der Waals surface area contributed by atoms with Crippen LogP contribution in [0.3, 0.4) is 0 Å². The maximum Gasteiger partial charge on any atom is 0.312 e. The molecule has 1 aromatic rings. The van der Waals surface area contributed by atoms with Gasteiger partial charge in [0.15, 0.2) is 34.7 Å². The quantitative estimate of drug-likeness (QED) is 0.178. The van der Waals surface area contributed by atoms with Crippen molar-refractivity contribution >= 4 is 57.3 Å². The number of benzene rings is 1. The van der Waals surface area contributed by atoms with Crippen LogP contribution in [0.15, 0.2) is 6.07 Å². The van der Waals surface area contributed by atoms with E-state index in [2.05, 4.69) is 0 Å². The normalized spacial score (nSPS) is 32.8. The summed E-state index contributed by atoms with van der Waals surface area (Å²) in [6, 6.07) is -0.0669. The summed E-state index contributed by atoms with van der Waals surface area (Å²) in [4.78, 5) is 77.0. The fraction of sp³-hybridized carbons (Fsp3) is 0.476. The van der Waals surface area contributed by atoms with Gasteiger partial charge in [0.1, 0.15) is 0 Å². The summed E-state index contributed by atoms with van der Waals surface area (Å²) in [5, 5.41) is 33.2. The van der Waals surface area contributed by atoms with Crippen molar-refractivity contribution in [2.75, 3.05) is 14.1 Å². The van der Waals surface area contributed by atoms with Gasteiger partial charge in [-0.3, -0.25) is 39.0 Å². The van der Waals surface area contributed by atoms with Crippen LogP contribution in [0.25, 0.3) is 0 Å². The first-order valence-corrected chi connectivity index (χ1v) is 11.4. The number of halogens is 1. The van der Waals surface area contributed by atoms with Crippen molar-refractivity contribution in [1.82, 2.24) is 4.90 Å². The lowest BCUT2D eigenvalue weighted by molar-refractivity contribution is -0.386. The van der Waals surface area contributed by atoms with E-state index in [0.29, 0.717) is 9.13 Å². The molecule has 4 rings (SSSR count). The molecule has 6 atom stereocenters. The lowest BCUT2D eigenvalue weighted by Crippen LogP contribution is -2.74. The van der Waals surface area contributed by atoms with E-state index in [-0.39, 0.29) is 12.8 Å². The molecular formula is C21H20IN3O9. The molecular weight excluding hydrogens is 565 g/mol. The number of nitro benzene ring substituents is 1. The van der Waals surface area contributed by atoms with Crippen molar-refractivity contribution in [1.29, 1.82) is 0 Å². The molecule has 0 spiro atoms. The number of hydrogen-bond acceptors (Lipinski definition) is 10. The van der Waals surface area contributed by atoms with Crippen LogP contribution in [-0.4, -0.2) is 74.8 Å². The highest BCUT2D eigenvalue weighted by Gasteiger charge is 2.69. The van der Waals surface area contributed by atoms with Gasteiger partial charge in [0.05, 0.1) is 22.4 Å². The van der Waals surface area contributed by atoms with Gasteiger partial charge in [-0.2, -0.15) is 0 Å². The highest BCUT2D eigenvalue weighted by molar-refractivity contribution is 14.1. The van der Waals surface area contributed by atoms with E-state index < -0.39 is 86.3 Å². The van der Waals surface area contributed by atoms with Gasteiger partial charge in [0.25, 0.3) is 0 Å². The molecule has 4 N–H and O–H groups in total. The second kappa shape index (κ2) is 7.88. The zero-order valence-electron chi connectivity index (χ0n) is 18.0. The van der Waals surface area contributed by atoms with Crippen molar-refractivity contribution in [2.45, 2.75) is 24.5 Å². The Morgan fingerprint density at radius 3 is 2.41 bits per heavy atom. The summed E-state index contributed by atoms with van der Waals surface area (Å²) in [5.74, 6) is -12.2. The van der Waals surface area contributed by atoms with Gasteiger partial charge in [-0.05, 0) is 61.0 Å². The van der Waals surface area contributed by atoms with Gasteiger partial charge >= 0.3 is 5.69 Å². The molecule has 34 heavy (non-hydrogen) atoms. The Morgan fingerprint density at radius 1 is 1.26 bits per heavy atom. The van der Waals surface area contributed by atoms with Crippen molar-refractivity contribution in [3.05, 3.63) is 30.9 Å². The van der Waals surface area contributed by atoms with Gasteiger partial charge in [0.2, 0.25) is 11.7 Å². The van der Waals surface area contributed by atoms with Crippen LogP contribution < -0.4 is 5.73 Å². The van der Waals surface area contributed by atoms with Crippen LogP contribution in [0.4, 0.5) is 5.69 Å². The number of nitrogens with two attached hydrogens (primary N) is 1. The number of phenolic OH excluding ortho intramolecular Hbond substituents is 1. The summed E-state index contributed by atoms with van der Waals surface area (Å²) >= 11 is 1.80. The minimum Gasteiger partial charge on any atom is -0.502 e. The number of Topliss-reactive ketones (excluding diaryl/α,β-unsaturated/α-hetero) is 4. The lowest BCUT2D eigenvalue weighted by Gasteiger charge is -2.52. The van der Waals surface area contributed by atoms with E-state index in [1.54, 1.807) is 22.6 Å². The van der Waals surface area contributed by atoms with E-state index in [1.807, 2.05) is 0 Å². The summed E-state index contributed by atoms with van der Waals surface area (Å²) in [7, 11) is 2.99. The maximum absolute atomic E-state index is 13.6. The number of carbonyl (C=O) groups excluding carboxylic acids is 5. The van der Waals surface area contributed by atoms with Crippen molar-refractivity contribution < 1.29 is 39.1 Å². The maximum atomic E-state index is 13.6. The first-order chi connectivity index (χ1) is 15.7. The predicted octanol–water partition coefficient (Wildman–Crippen LogP) is -0.620. The Balaban J connectivity index is 1.90. The van der Waals surface area contributed by atoms with E-state index in [1.165, 1.54) is 19.0 Å². The number of phenols is 1. The fourth-order valence-corrected chi connectivity index (χ4v) is 6.54. The standard InChI is InChI=1S/C21H20IN3O9/c1-24(2)14-8-4-6-3-7-9(22)5-10(25(33)34)15(26)12(7)16(27)11(6)18(29)21(8,32)19(30)13(17(14)28)20(23)31/h5-6,8,11,13-14,26,32H,3-4H2,1-2H3,(H2,23,31)/t6-,8-,11?,13?,14?,21-/m0/s1. The molecule has 13 heteroatoms. The summed E-state index contributed by atoms with van der Waals surface area (Å²) in [6.45, 7) is 0. The molecule has 3 unspecified atom stereocenters. The second-order valence-electron chi connectivity index (χ2n) is 9.13. The van der Waals surface area contributed by atoms with E-state index in [0.717, 1.165) is 6.07 Å². The molecule has 0 radical (unpaired) electrons. The molecule has 12 nitrogen and oxygen atoms in total. The van der Waals surface area contributed by atoms with Crippen LogP contribution in [0.5, 0.6) is 5.75 Å². The average Bonchev–Trinajstić information content (AvgIpc) is 2.72. The highest BCUT2D eigenvalue weighted by atomic mass is 127. The molecule has 3 aliphatic rings. The average molecular weight is 585 g/mol. The first kappa shape index (κ1) is 24.3. The molecule has 1 aromatic carbocycles. The summed E-state index contributed by atoms with van der Waals surface area (Å²) in [6.07, 6.45) is -0.0343. The number of likely N-dealkylation sites (N-methyl/N-ethyl adjacent to an activating group) is 1. The number of primary amides is 1. The Labute approximate surface area is 205 Å². The zero-order chi connectivity index (χ0) is 25.4. The van der Waals surface area contributed by atoms with E-state index in [4.69, 9.17) is 5.73 Å². The third kappa shape index (κ3) is 3.06. The number of amides is 1. The molecule has 3 aliphatic carbocycles. The smallest absolute Gasteiger partial charge is 0.312 e. The molecule has 2 fully saturated rings. The van der Waals surface area contributed by atoms with Crippen LogP contribution in [0.2, 0.25) is 0 Å². The molecule has 1 amide bonds. The number of nitro groups is 1. The number of aromatic hydroxyl groups is 1. The SMILES string of the molecule is CN(C)C1C(=O)C(C(N)=O)C(=O)[C@@]2(O)C(=O)C3C(=O)c4c(O)c([N+](=O)[O-])cc(I)c4C[C@H]3C[C@@H]12. The molecule has 0 aromatic heterocycles. The number of carbonyl (C=O) groups is 5. The third-order valence-electron chi connectivity index (χ3n) is 7.18. The number of ketones is 4. The molecule has 2 saturated carbocycles. The largest absolute Gasteiger partial charge is 0.502 e. The van der Waals surface area contributed by atoms with Crippen molar-refractivity contribution in [3.63, 3.8) is 0 Å². The van der Waals surface area contributed by atoms with E-state index >= 15 is 0 Å². The number of rotatable bonds is 3. The molecule has 0 saturated heterocycles. The highest BCUT2D eigenvalue weighted by Crippen LogP contribution is 2.52. The van der Waals surface area contributed by atoms with Crippen molar-refractivity contribution in [3.8, 4) is 5.75 Å². The number of fused-ring (bicyclic) bond motifs is 3. The van der Waals surface area contributed by atoms with Gasteiger partial charge in [0, 0.05) is 15.6 Å². The number of aliphatic hydroxyl groups is 1.